The zero-order chi connectivity index (χ0) is 19.3. The van der Waals surface area contributed by atoms with Gasteiger partial charge in [0, 0.05) is 21.7 Å². The number of aryl methyl sites for hydroxylation is 1. The number of benzene rings is 1. The van der Waals surface area contributed by atoms with Gasteiger partial charge in [-0.05, 0) is 44.4 Å². The van der Waals surface area contributed by atoms with Crippen LogP contribution < -0.4 is 5.32 Å². The molecule has 0 amide bonds. The number of carbonyl (C=O) groups excluding carboxylic acids is 1. The minimum Gasteiger partial charge on any atom is -0.469 e. The van der Waals surface area contributed by atoms with Gasteiger partial charge in [0.15, 0.2) is 5.13 Å². The number of anilines is 2. The number of nitrogens with one attached hydrogen (secondary N) is 1. The first-order chi connectivity index (χ1) is 12.3. The van der Waals surface area contributed by atoms with Crippen LogP contribution in [0.5, 0.6) is 0 Å². The number of ether oxygens (including phenoxy) is 1. The highest BCUT2D eigenvalue weighted by molar-refractivity contribution is 7.15. The van der Waals surface area contributed by atoms with Crippen LogP contribution in [0.4, 0.5) is 10.8 Å². The fraction of sp³-hybridized carbons (Fsp3) is 0.474. The highest BCUT2D eigenvalue weighted by Gasteiger charge is 2.33. The maximum absolute atomic E-state index is 11.6. The Morgan fingerprint density at radius 3 is 2.58 bits per heavy atom. The fourth-order valence-corrected chi connectivity index (χ4v) is 4.55. The van der Waals surface area contributed by atoms with Crippen LogP contribution in [0.2, 0.25) is 10.0 Å². The van der Waals surface area contributed by atoms with E-state index in [-0.39, 0.29) is 11.4 Å². The van der Waals surface area contributed by atoms with E-state index in [4.69, 9.17) is 32.9 Å². The van der Waals surface area contributed by atoms with E-state index < -0.39 is 0 Å². The molecule has 142 valence electrons. The second-order valence-corrected chi connectivity index (χ2v) is 8.28. The third-order valence-electron chi connectivity index (χ3n) is 4.86. The maximum Gasteiger partial charge on any atom is 0.305 e. The molecular formula is C19H24Cl2N2O2S. The summed E-state index contributed by atoms with van der Waals surface area (Å²) in [6.45, 7) is 6.35. The van der Waals surface area contributed by atoms with Crippen LogP contribution in [0.15, 0.2) is 18.2 Å². The SMILES string of the molecule is CCC(CC)(CCC(=O)OC)c1nc(Nc2ccc(Cl)cc2Cl)sc1C. The van der Waals surface area contributed by atoms with E-state index in [0.29, 0.717) is 16.5 Å². The van der Waals surface area contributed by atoms with Gasteiger partial charge in [0.25, 0.3) is 0 Å². The zero-order valence-corrected chi connectivity index (χ0v) is 17.8. The van der Waals surface area contributed by atoms with E-state index in [2.05, 4.69) is 26.1 Å². The molecule has 2 rings (SSSR count). The van der Waals surface area contributed by atoms with Crippen LogP contribution in [-0.2, 0) is 14.9 Å². The van der Waals surface area contributed by atoms with Crippen molar-refractivity contribution in [1.82, 2.24) is 4.98 Å². The number of carbonyl (C=O) groups is 1. The van der Waals surface area contributed by atoms with Crippen molar-refractivity contribution in [3.8, 4) is 0 Å². The average Bonchev–Trinajstić information content (AvgIpc) is 2.99. The molecule has 0 aliphatic rings. The topological polar surface area (TPSA) is 51.2 Å². The third kappa shape index (κ3) is 4.70. The molecular weight excluding hydrogens is 391 g/mol. The molecule has 0 radical (unpaired) electrons. The highest BCUT2D eigenvalue weighted by Crippen LogP contribution is 2.41. The van der Waals surface area contributed by atoms with Crippen molar-refractivity contribution in [2.24, 2.45) is 0 Å². The molecule has 1 N–H and O–H groups in total. The Morgan fingerprint density at radius 1 is 1.31 bits per heavy atom. The van der Waals surface area contributed by atoms with Crippen LogP contribution in [0.1, 0.15) is 50.1 Å². The Bertz CT molecular complexity index is 773. The van der Waals surface area contributed by atoms with Gasteiger partial charge in [-0.2, -0.15) is 0 Å². The molecule has 2 aromatic rings. The van der Waals surface area contributed by atoms with Crippen LogP contribution >= 0.6 is 34.5 Å². The number of halogens is 2. The number of nitrogens with zero attached hydrogens (tertiary/aromatic N) is 1. The second-order valence-electron chi connectivity index (χ2n) is 6.24. The molecule has 0 bridgehead atoms. The smallest absolute Gasteiger partial charge is 0.305 e. The Balaban J connectivity index is 2.29. The summed E-state index contributed by atoms with van der Waals surface area (Å²) in [5.41, 5.74) is 1.67. The molecule has 0 aliphatic carbocycles. The lowest BCUT2D eigenvalue weighted by molar-refractivity contribution is -0.141. The van der Waals surface area contributed by atoms with E-state index in [1.54, 1.807) is 23.5 Å². The summed E-state index contributed by atoms with van der Waals surface area (Å²) in [6.07, 6.45) is 2.93. The molecule has 26 heavy (non-hydrogen) atoms. The predicted octanol–water partition coefficient (Wildman–Crippen LogP) is 6.51. The van der Waals surface area contributed by atoms with E-state index in [1.165, 1.54) is 7.11 Å². The fourth-order valence-electron chi connectivity index (χ4n) is 3.15. The normalized spacial score (nSPS) is 11.5. The van der Waals surface area contributed by atoms with Crippen molar-refractivity contribution in [3.05, 3.63) is 38.8 Å². The minimum absolute atomic E-state index is 0.140. The van der Waals surface area contributed by atoms with Gasteiger partial charge in [0.2, 0.25) is 0 Å². The summed E-state index contributed by atoms with van der Waals surface area (Å²) in [6, 6.07) is 5.33. The van der Waals surface area contributed by atoms with Crippen molar-refractivity contribution >= 4 is 51.3 Å². The van der Waals surface area contributed by atoms with Crippen molar-refractivity contribution in [1.29, 1.82) is 0 Å². The summed E-state index contributed by atoms with van der Waals surface area (Å²) in [5, 5.41) is 5.21. The van der Waals surface area contributed by atoms with Crippen LogP contribution in [0, 0.1) is 6.92 Å². The number of aromatic nitrogens is 1. The number of methoxy groups -OCH3 is 1. The predicted molar refractivity (Wildman–Crippen MR) is 110 cm³/mol. The molecule has 0 unspecified atom stereocenters. The molecule has 0 atom stereocenters. The number of thiazole rings is 1. The molecule has 7 heteroatoms. The molecule has 0 saturated heterocycles. The summed E-state index contributed by atoms with van der Waals surface area (Å²) in [5.74, 6) is -0.185. The Kier molecular flexibility index (Phi) is 7.33. The minimum atomic E-state index is -0.185. The average molecular weight is 415 g/mol. The number of hydrogen-bond donors (Lipinski definition) is 1. The summed E-state index contributed by atoms with van der Waals surface area (Å²) in [7, 11) is 1.42. The molecule has 1 aromatic heterocycles. The van der Waals surface area contributed by atoms with Crippen LogP contribution in [0.3, 0.4) is 0 Å². The standard InChI is InChI=1S/C19H24Cl2N2O2S/c1-5-19(6-2,10-9-16(24)25-4)17-12(3)26-18(23-17)22-15-8-7-13(20)11-14(15)21/h7-8,11H,5-6,9-10H2,1-4H3,(H,22,23). The lowest BCUT2D eigenvalue weighted by Crippen LogP contribution is -2.27. The molecule has 0 fully saturated rings. The largest absolute Gasteiger partial charge is 0.469 e. The van der Waals surface area contributed by atoms with Crippen molar-refractivity contribution in [2.75, 3.05) is 12.4 Å². The van der Waals surface area contributed by atoms with Gasteiger partial charge in [-0.1, -0.05) is 37.0 Å². The Morgan fingerprint density at radius 2 is 2.00 bits per heavy atom. The molecule has 0 aliphatic heterocycles. The van der Waals surface area contributed by atoms with Gasteiger partial charge in [0.05, 0.1) is 23.5 Å². The highest BCUT2D eigenvalue weighted by atomic mass is 35.5. The first-order valence-electron chi connectivity index (χ1n) is 8.62. The van der Waals surface area contributed by atoms with E-state index in [9.17, 15) is 4.79 Å². The van der Waals surface area contributed by atoms with E-state index in [0.717, 1.165) is 40.7 Å². The lowest BCUT2D eigenvalue weighted by atomic mass is 9.75. The van der Waals surface area contributed by atoms with Crippen molar-refractivity contribution < 1.29 is 9.53 Å². The van der Waals surface area contributed by atoms with Gasteiger partial charge in [-0.3, -0.25) is 4.79 Å². The number of rotatable bonds is 8. The van der Waals surface area contributed by atoms with Crippen molar-refractivity contribution in [3.63, 3.8) is 0 Å². The molecule has 1 aromatic carbocycles. The lowest BCUT2D eigenvalue weighted by Gasteiger charge is -2.30. The van der Waals surface area contributed by atoms with Gasteiger partial charge < -0.3 is 10.1 Å². The number of esters is 1. The number of hydrogen-bond acceptors (Lipinski definition) is 5. The quantitative estimate of drug-likeness (QED) is 0.499. The van der Waals surface area contributed by atoms with Gasteiger partial charge in [-0.15, -0.1) is 11.3 Å². The summed E-state index contributed by atoms with van der Waals surface area (Å²) in [4.78, 5) is 17.6. The summed E-state index contributed by atoms with van der Waals surface area (Å²) < 4.78 is 4.81. The van der Waals surface area contributed by atoms with Gasteiger partial charge >= 0.3 is 5.97 Å². The van der Waals surface area contributed by atoms with Gasteiger partial charge in [0.1, 0.15) is 0 Å². The molecule has 0 saturated carbocycles. The maximum atomic E-state index is 11.6. The first-order valence-corrected chi connectivity index (χ1v) is 10.2. The monoisotopic (exact) mass is 414 g/mol. The van der Waals surface area contributed by atoms with Crippen LogP contribution in [-0.4, -0.2) is 18.1 Å². The van der Waals surface area contributed by atoms with E-state index in [1.807, 2.05) is 6.07 Å². The van der Waals surface area contributed by atoms with Crippen LogP contribution in [0.25, 0.3) is 0 Å². The van der Waals surface area contributed by atoms with Gasteiger partial charge in [-0.25, -0.2) is 4.98 Å². The molecule has 0 spiro atoms. The zero-order valence-electron chi connectivity index (χ0n) is 15.5. The Hall–Kier alpha value is -1.30. The third-order valence-corrected chi connectivity index (χ3v) is 6.29. The Labute approximate surface area is 168 Å². The van der Waals surface area contributed by atoms with Crippen molar-refractivity contribution in [2.45, 2.75) is 51.9 Å². The molecule has 1 heterocycles. The first kappa shape index (κ1) is 21.0. The summed E-state index contributed by atoms with van der Waals surface area (Å²) >= 11 is 13.8. The second kappa shape index (κ2) is 9.07. The molecule has 4 nitrogen and oxygen atoms in total. The van der Waals surface area contributed by atoms with E-state index >= 15 is 0 Å².